The molecular weight excluding hydrogens is 166 g/mol. The summed E-state index contributed by atoms with van der Waals surface area (Å²) in [4.78, 5) is 0. The Labute approximate surface area is 77.0 Å². The normalized spacial score (nSPS) is 16.9. The van der Waals surface area contributed by atoms with Crippen molar-refractivity contribution in [1.29, 1.82) is 0 Å². The van der Waals surface area contributed by atoms with Crippen LogP contribution in [0.25, 0.3) is 0 Å². The van der Waals surface area contributed by atoms with E-state index in [0.717, 1.165) is 25.1 Å². The molecule has 0 saturated carbocycles. The molecule has 1 aromatic rings. The second kappa shape index (κ2) is 3.26. The van der Waals surface area contributed by atoms with Gasteiger partial charge < -0.3 is 15.5 Å². The lowest BCUT2D eigenvalue weighted by Gasteiger charge is -2.27. The molecular formula is C10H13NO2. The van der Waals surface area contributed by atoms with Gasteiger partial charge in [-0.05, 0) is 43.1 Å². The molecule has 0 atom stereocenters. The van der Waals surface area contributed by atoms with E-state index in [2.05, 4.69) is 5.32 Å². The summed E-state index contributed by atoms with van der Waals surface area (Å²) in [6.07, 6.45) is 0.973. The Bertz CT molecular complexity index is 308. The van der Waals surface area contributed by atoms with Gasteiger partial charge in [0.25, 0.3) is 0 Å². The summed E-state index contributed by atoms with van der Waals surface area (Å²) in [5, 5.41) is 21.5. The van der Waals surface area contributed by atoms with Gasteiger partial charge in [0.2, 0.25) is 0 Å². The first-order valence-electron chi connectivity index (χ1n) is 4.47. The van der Waals surface area contributed by atoms with E-state index in [1.807, 2.05) is 6.07 Å². The molecule has 70 valence electrons. The summed E-state index contributed by atoms with van der Waals surface area (Å²) in [7, 11) is 0. The van der Waals surface area contributed by atoms with Crippen LogP contribution in [-0.4, -0.2) is 23.3 Å². The van der Waals surface area contributed by atoms with Crippen LogP contribution in [0.4, 0.5) is 0 Å². The molecule has 0 aromatic heterocycles. The first kappa shape index (κ1) is 8.38. The highest BCUT2D eigenvalue weighted by Crippen LogP contribution is 2.26. The van der Waals surface area contributed by atoms with Crippen molar-refractivity contribution in [3.05, 3.63) is 23.8 Å². The zero-order valence-corrected chi connectivity index (χ0v) is 7.33. The summed E-state index contributed by atoms with van der Waals surface area (Å²) in [5.41, 5.74) is 1.09. The van der Waals surface area contributed by atoms with Gasteiger partial charge in [0.1, 0.15) is 0 Å². The van der Waals surface area contributed by atoms with Gasteiger partial charge in [-0.15, -0.1) is 0 Å². The minimum absolute atomic E-state index is 0.0233. The number of phenols is 2. The molecule has 1 fully saturated rings. The van der Waals surface area contributed by atoms with Gasteiger partial charge in [0, 0.05) is 0 Å². The second-order valence-electron chi connectivity index (χ2n) is 3.55. The summed E-state index contributed by atoms with van der Waals surface area (Å²) < 4.78 is 0. The lowest BCUT2D eigenvalue weighted by molar-refractivity contribution is 0.345. The maximum absolute atomic E-state index is 9.24. The topological polar surface area (TPSA) is 52.5 Å². The Morgan fingerprint density at radius 3 is 2.54 bits per heavy atom. The Hall–Kier alpha value is -1.22. The van der Waals surface area contributed by atoms with Gasteiger partial charge in [-0.2, -0.15) is 0 Å². The Morgan fingerprint density at radius 2 is 2.00 bits per heavy atom. The van der Waals surface area contributed by atoms with Crippen molar-refractivity contribution >= 4 is 0 Å². The SMILES string of the molecule is Oc1ccc(CC2CNC2)cc1O. The molecule has 1 aliphatic rings. The quantitative estimate of drug-likeness (QED) is 0.590. The van der Waals surface area contributed by atoms with E-state index >= 15 is 0 Å². The predicted octanol–water partition coefficient (Wildman–Crippen LogP) is 0.860. The minimum atomic E-state index is -0.0458. The van der Waals surface area contributed by atoms with Crippen molar-refractivity contribution < 1.29 is 10.2 Å². The molecule has 3 heteroatoms. The molecule has 0 aliphatic carbocycles. The third kappa shape index (κ3) is 1.75. The largest absolute Gasteiger partial charge is 0.504 e. The first-order valence-corrected chi connectivity index (χ1v) is 4.47. The van der Waals surface area contributed by atoms with Gasteiger partial charge in [0.15, 0.2) is 11.5 Å². The second-order valence-corrected chi connectivity index (χ2v) is 3.55. The third-order valence-electron chi connectivity index (χ3n) is 2.43. The molecule has 1 aliphatic heterocycles. The number of nitrogens with one attached hydrogen (secondary N) is 1. The zero-order valence-electron chi connectivity index (χ0n) is 7.33. The lowest BCUT2D eigenvalue weighted by atomic mass is 9.94. The van der Waals surface area contributed by atoms with E-state index in [1.165, 1.54) is 6.07 Å². The predicted molar refractivity (Wildman–Crippen MR) is 49.8 cm³/mol. The molecule has 0 spiro atoms. The van der Waals surface area contributed by atoms with E-state index < -0.39 is 0 Å². The molecule has 0 radical (unpaired) electrons. The van der Waals surface area contributed by atoms with Crippen LogP contribution in [0.5, 0.6) is 11.5 Å². The van der Waals surface area contributed by atoms with Crippen LogP contribution in [0.1, 0.15) is 5.56 Å². The molecule has 0 amide bonds. The number of hydrogen-bond donors (Lipinski definition) is 3. The number of phenolic OH excluding ortho intramolecular Hbond substituents is 2. The van der Waals surface area contributed by atoms with E-state index in [-0.39, 0.29) is 11.5 Å². The smallest absolute Gasteiger partial charge is 0.157 e. The summed E-state index contributed by atoms with van der Waals surface area (Å²) in [6.45, 7) is 2.11. The van der Waals surface area contributed by atoms with Crippen LogP contribution >= 0.6 is 0 Å². The average molecular weight is 179 g/mol. The van der Waals surface area contributed by atoms with Crippen molar-refractivity contribution in [2.75, 3.05) is 13.1 Å². The highest BCUT2D eigenvalue weighted by Gasteiger charge is 2.17. The van der Waals surface area contributed by atoms with Gasteiger partial charge in [0.05, 0.1) is 0 Å². The fraction of sp³-hybridized carbons (Fsp3) is 0.400. The van der Waals surface area contributed by atoms with E-state index in [0.29, 0.717) is 5.92 Å². The van der Waals surface area contributed by atoms with Gasteiger partial charge in [-0.1, -0.05) is 6.07 Å². The Balaban J connectivity index is 2.07. The van der Waals surface area contributed by atoms with Crippen molar-refractivity contribution in [3.8, 4) is 11.5 Å². The van der Waals surface area contributed by atoms with Crippen molar-refractivity contribution in [2.24, 2.45) is 5.92 Å². The van der Waals surface area contributed by atoms with Crippen molar-refractivity contribution in [2.45, 2.75) is 6.42 Å². The molecule has 3 N–H and O–H groups in total. The molecule has 1 heterocycles. The van der Waals surface area contributed by atoms with E-state index in [1.54, 1.807) is 6.07 Å². The fourth-order valence-electron chi connectivity index (χ4n) is 1.52. The molecule has 2 rings (SSSR count). The molecule has 1 saturated heterocycles. The van der Waals surface area contributed by atoms with E-state index in [4.69, 9.17) is 5.11 Å². The van der Waals surface area contributed by atoms with Gasteiger partial charge in [-0.3, -0.25) is 0 Å². The highest BCUT2D eigenvalue weighted by atomic mass is 16.3. The zero-order chi connectivity index (χ0) is 9.26. The molecule has 1 aromatic carbocycles. The van der Waals surface area contributed by atoms with Crippen molar-refractivity contribution in [1.82, 2.24) is 5.32 Å². The van der Waals surface area contributed by atoms with E-state index in [9.17, 15) is 5.11 Å². The standard InChI is InChI=1S/C10H13NO2/c12-9-2-1-7(4-10(9)13)3-8-5-11-6-8/h1-2,4,8,11-13H,3,5-6H2. The number of benzene rings is 1. The Kier molecular flexibility index (Phi) is 2.10. The summed E-state index contributed by atoms with van der Waals surface area (Å²) in [5.74, 6) is 0.615. The molecule has 13 heavy (non-hydrogen) atoms. The first-order chi connectivity index (χ1) is 6.25. The monoisotopic (exact) mass is 179 g/mol. The minimum Gasteiger partial charge on any atom is -0.504 e. The molecule has 3 nitrogen and oxygen atoms in total. The lowest BCUT2D eigenvalue weighted by Crippen LogP contribution is -2.43. The van der Waals surface area contributed by atoms with Gasteiger partial charge >= 0.3 is 0 Å². The van der Waals surface area contributed by atoms with Crippen LogP contribution < -0.4 is 5.32 Å². The van der Waals surface area contributed by atoms with Gasteiger partial charge in [-0.25, -0.2) is 0 Å². The number of rotatable bonds is 2. The fourth-order valence-corrected chi connectivity index (χ4v) is 1.52. The maximum atomic E-state index is 9.24. The number of hydrogen-bond acceptors (Lipinski definition) is 3. The van der Waals surface area contributed by atoms with Crippen molar-refractivity contribution in [3.63, 3.8) is 0 Å². The maximum Gasteiger partial charge on any atom is 0.157 e. The Morgan fingerprint density at radius 1 is 1.23 bits per heavy atom. The average Bonchev–Trinajstić information content (AvgIpc) is 2.04. The third-order valence-corrected chi connectivity index (χ3v) is 2.43. The highest BCUT2D eigenvalue weighted by molar-refractivity contribution is 5.40. The van der Waals surface area contributed by atoms with Crippen LogP contribution in [0.2, 0.25) is 0 Å². The van der Waals surface area contributed by atoms with Crippen LogP contribution in [0.15, 0.2) is 18.2 Å². The summed E-state index contributed by atoms with van der Waals surface area (Å²) in [6, 6.07) is 5.03. The van der Waals surface area contributed by atoms with Crippen LogP contribution in [-0.2, 0) is 6.42 Å². The van der Waals surface area contributed by atoms with Crippen LogP contribution in [0, 0.1) is 5.92 Å². The van der Waals surface area contributed by atoms with Crippen LogP contribution in [0.3, 0.4) is 0 Å². The molecule has 0 unspecified atom stereocenters. The molecule has 0 bridgehead atoms. The summed E-state index contributed by atoms with van der Waals surface area (Å²) >= 11 is 0. The number of aromatic hydroxyl groups is 2.